The van der Waals surface area contributed by atoms with E-state index in [1.807, 2.05) is 29.2 Å². The molecule has 0 bridgehead atoms. The Morgan fingerprint density at radius 2 is 1.68 bits per heavy atom. The molecule has 4 nitrogen and oxygen atoms in total. The molecule has 0 saturated carbocycles. The van der Waals surface area contributed by atoms with Crippen LogP contribution in [0.2, 0.25) is 0 Å². The summed E-state index contributed by atoms with van der Waals surface area (Å²) in [5.74, 6) is 0. The monoisotopic (exact) mass is 302 g/mol. The topological polar surface area (TPSA) is 51.6 Å². The van der Waals surface area contributed by atoms with Gasteiger partial charge in [-0.3, -0.25) is 0 Å². The Morgan fingerprint density at radius 1 is 0.895 bits per heavy atom. The Bertz CT molecular complexity index is 818. The van der Waals surface area contributed by atoms with Crippen molar-refractivity contribution >= 4 is 44.4 Å². The van der Waals surface area contributed by atoms with E-state index in [0.29, 0.717) is 0 Å². The molecule has 0 saturated heterocycles. The summed E-state index contributed by atoms with van der Waals surface area (Å²) in [6.07, 6.45) is 3.62. The number of thiazole rings is 2. The molecule has 0 aliphatic heterocycles. The summed E-state index contributed by atoms with van der Waals surface area (Å²) in [5, 5.41) is 10.2. The minimum absolute atomic E-state index is 0.910. The highest BCUT2D eigenvalue weighted by atomic mass is 32.1. The lowest BCUT2D eigenvalue weighted by molar-refractivity contribution is 1.20. The quantitative estimate of drug-likeness (QED) is 0.563. The first-order chi connectivity index (χ1) is 9.43. The first kappa shape index (κ1) is 11.2. The van der Waals surface area contributed by atoms with Crippen LogP contribution in [0.3, 0.4) is 0 Å². The molecular formula is C12H6N4S3. The van der Waals surface area contributed by atoms with Crippen LogP contribution >= 0.6 is 34.2 Å². The van der Waals surface area contributed by atoms with Crippen molar-refractivity contribution in [3.05, 3.63) is 35.3 Å². The molecule has 0 N–H and O–H groups in total. The van der Waals surface area contributed by atoms with E-state index in [2.05, 4.69) is 25.6 Å². The average molecular weight is 302 g/mol. The van der Waals surface area contributed by atoms with Crippen LogP contribution in [0.5, 0.6) is 0 Å². The molecule has 19 heavy (non-hydrogen) atoms. The van der Waals surface area contributed by atoms with Gasteiger partial charge in [-0.1, -0.05) is 4.49 Å². The van der Waals surface area contributed by atoms with Gasteiger partial charge in [0.1, 0.15) is 15.5 Å². The van der Waals surface area contributed by atoms with E-state index in [-0.39, 0.29) is 0 Å². The van der Waals surface area contributed by atoms with Gasteiger partial charge in [0.2, 0.25) is 0 Å². The van der Waals surface area contributed by atoms with Crippen LogP contribution in [-0.2, 0) is 0 Å². The smallest absolute Gasteiger partial charge is 0.126 e. The molecule has 7 heteroatoms. The van der Waals surface area contributed by atoms with E-state index in [1.54, 1.807) is 22.7 Å². The van der Waals surface area contributed by atoms with E-state index in [4.69, 9.17) is 0 Å². The number of nitrogens with zero attached hydrogens (tertiary/aromatic N) is 4. The molecule has 0 aliphatic carbocycles. The van der Waals surface area contributed by atoms with Crippen LogP contribution in [-0.4, -0.2) is 19.6 Å². The van der Waals surface area contributed by atoms with E-state index < -0.39 is 0 Å². The molecule has 92 valence electrons. The number of fused-ring (bicyclic) bond motifs is 1. The molecular weight excluding hydrogens is 296 g/mol. The van der Waals surface area contributed by atoms with Crippen molar-refractivity contribution in [3.8, 4) is 21.1 Å². The van der Waals surface area contributed by atoms with Gasteiger partial charge in [-0.2, -0.15) is 0 Å². The standard InChI is InChI=1S/C12H6N4S3/c1-2-8-10(15-16-19-8)9(12-14-4-6-18-12)7(1)11-13-3-5-17-11/h1-6H. The molecule has 4 rings (SSSR count). The summed E-state index contributed by atoms with van der Waals surface area (Å²) in [4.78, 5) is 8.82. The second kappa shape index (κ2) is 4.44. The van der Waals surface area contributed by atoms with Gasteiger partial charge in [0.15, 0.2) is 0 Å². The average Bonchev–Trinajstić information content (AvgIpc) is 3.18. The van der Waals surface area contributed by atoms with Crippen molar-refractivity contribution in [2.24, 2.45) is 0 Å². The normalized spacial score (nSPS) is 11.2. The minimum atomic E-state index is 0.910. The molecule has 0 aliphatic rings. The van der Waals surface area contributed by atoms with E-state index in [0.717, 1.165) is 31.4 Å². The van der Waals surface area contributed by atoms with Gasteiger partial charge >= 0.3 is 0 Å². The van der Waals surface area contributed by atoms with Crippen LogP contribution < -0.4 is 0 Å². The molecule has 0 atom stereocenters. The predicted molar refractivity (Wildman–Crippen MR) is 79.6 cm³/mol. The molecule has 0 radical (unpaired) electrons. The highest BCUT2D eigenvalue weighted by Gasteiger charge is 2.17. The highest BCUT2D eigenvalue weighted by molar-refractivity contribution is 7.15. The Labute approximate surface area is 120 Å². The van der Waals surface area contributed by atoms with Crippen LogP contribution in [0.25, 0.3) is 31.4 Å². The fraction of sp³-hybridized carbons (Fsp3) is 0. The summed E-state index contributed by atoms with van der Waals surface area (Å²) in [6.45, 7) is 0. The molecule has 0 fully saturated rings. The van der Waals surface area contributed by atoms with E-state index >= 15 is 0 Å². The number of aromatic nitrogens is 4. The van der Waals surface area contributed by atoms with Gasteiger partial charge in [-0.15, -0.1) is 27.8 Å². The molecule has 0 unspecified atom stereocenters. The second-order valence-corrected chi connectivity index (χ2v) is 6.36. The third-order valence-electron chi connectivity index (χ3n) is 2.73. The van der Waals surface area contributed by atoms with Crippen molar-refractivity contribution in [1.29, 1.82) is 0 Å². The lowest BCUT2D eigenvalue weighted by atomic mass is 10.1. The fourth-order valence-electron chi connectivity index (χ4n) is 1.95. The molecule has 0 spiro atoms. The first-order valence-corrected chi connectivity index (χ1v) is 8.01. The fourth-order valence-corrected chi connectivity index (χ4v) is 3.88. The summed E-state index contributed by atoms with van der Waals surface area (Å²) in [5.41, 5.74) is 3.02. The highest BCUT2D eigenvalue weighted by Crippen LogP contribution is 2.39. The maximum absolute atomic E-state index is 4.42. The molecule has 4 aromatic rings. The number of rotatable bonds is 2. The van der Waals surface area contributed by atoms with Gasteiger partial charge in [0, 0.05) is 34.3 Å². The van der Waals surface area contributed by atoms with Gasteiger partial charge in [-0.25, -0.2) is 9.97 Å². The lowest BCUT2D eigenvalue weighted by Crippen LogP contribution is -1.86. The van der Waals surface area contributed by atoms with Crippen LogP contribution in [0.1, 0.15) is 0 Å². The Balaban J connectivity index is 2.11. The third-order valence-corrected chi connectivity index (χ3v) is 5.02. The zero-order valence-corrected chi connectivity index (χ0v) is 11.9. The molecule has 1 aromatic carbocycles. The second-order valence-electron chi connectivity index (χ2n) is 3.78. The lowest BCUT2D eigenvalue weighted by Gasteiger charge is -2.04. The zero-order chi connectivity index (χ0) is 12.7. The summed E-state index contributed by atoms with van der Waals surface area (Å²) >= 11 is 4.63. The summed E-state index contributed by atoms with van der Waals surface area (Å²) in [7, 11) is 0. The largest absolute Gasteiger partial charge is 0.245 e. The summed E-state index contributed by atoms with van der Waals surface area (Å²) < 4.78 is 5.12. The molecule has 3 heterocycles. The predicted octanol–water partition coefficient (Wildman–Crippen LogP) is 3.94. The number of hydrogen-bond donors (Lipinski definition) is 0. The Morgan fingerprint density at radius 3 is 2.42 bits per heavy atom. The third kappa shape index (κ3) is 1.78. The molecule has 0 amide bonds. The number of benzene rings is 1. The van der Waals surface area contributed by atoms with Crippen molar-refractivity contribution in [3.63, 3.8) is 0 Å². The van der Waals surface area contributed by atoms with Crippen molar-refractivity contribution in [1.82, 2.24) is 19.6 Å². The van der Waals surface area contributed by atoms with Crippen LogP contribution in [0.15, 0.2) is 35.3 Å². The van der Waals surface area contributed by atoms with Crippen molar-refractivity contribution < 1.29 is 0 Å². The minimum Gasteiger partial charge on any atom is -0.245 e. The van der Waals surface area contributed by atoms with Crippen LogP contribution in [0.4, 0.5) is 0 Å². The maximum Gasteiger partial charge on any atom is 0.126 e. The van der Waals surface area contributed by atoms with Gasteiger partial charge in [-0.05, 0) is 23.7 Å². The van der Waals surface area contributed by atoms with E-state index in [9.17, 15) is 0 Å². The van der Waals surface area contributed by atoms with Crippen LogP contribution in [0, 0.1) is 0 Å². The van der Waals surface area contributed by atoms with E-state index in [1.165, 1.54) is 11.5 Å². The van der Waals surface area contributed by atoms with Crippen molar-refractivity contribution in [2.75, 3.05) is 0 Å². The Hall–Kier alpha value is -1.70. The Kier molecular flexibility index (Phi) is 2.61. The van der Waals surface area contributed by atoms with Gasteiger partial charge in [0.25, 0.3) is 0 Å². The zero-order valence-electron chi connectivity index (χ0n) is 9.48. The summed E-state index contributed by atoms with van der Waals surface area (Å²) in [6, 6.07) is 4.13. The van der Waals surface area contributed by atoms with Gasteiger partial charge in [0.05, 0.1) is 4.70 Å². The maximum atomic E-state index is 4.42. The van der Waals surface area contributed by atoms with Gasteiger partial charge < -0.3 is 0 Å². The van der Waals surface area contributed by atoms with Crippen molar-refractivity contribution in [2.45, 2.75) is 0 Å². The first-order valence-electron chi connectivity index (χ1n) is 5.48. The SMILES string of the molecule is c1csc(-c2ccc3snnc3c2-c2nccs2)n1. The number of hydrogen-bond acceptors (Lipinski definition) is 7. The molecule has 3 aromatic heterocycles.